The summed E-state index contributed by atoms with van der Waals surface area (Å²) in [4.78, 5) is 13.0. The first kappa shape index (κ1) is 19.5. The molecule has 0 atom stereocenters. The van der Waals surface area contributed by atoms with Crippen LogP contribution in [0.4, 0.5) is 0 Å². The minimum Gasteiger partial charge on any atom is -0.491 e. The number of para-hydroxylation sites is 1. The van der Waals surface area contributed by atoms with Crippen LogP contribution in [-0.2, 0) is 6.54 Å². The van der Waals surface area contributed by atoms with Crippen molar-refractivity contribution in [3.05, 3.63) is 107 Å². The SMILES string of the molecule is COc1cn(-c2cnn(Cc3ccccc3)c2)nc(-c2ccnn2-c2ccccc2)c1=O. The molecule has 32 heavy (non-hydrogen) atoms. The van der Waals surface area contributed by atoms with Crippen molar-refractivity contribution in [1.82, 2.24) is 29.3 Å². The molecule has 2 aromatic carbocycles. The summed E-state index contributed by atoms with van der Waals surface area (Å²) >= 11 is 0. The quantitative estimate of drug-likeness (QED) is 0.418. The smallest absolute Gasteiger partial charge is 0.251 e. The third-order valence-electron chi connectivity index (χ3n) is 5.06. The number of hydrogen-bond donors (Lipinski definition) is 0. The molecule has 0 amide bonds. The average molecular weight is 424 g/mol. The Balaban J connectivity index is 1.57. The minimum absolute atomic E-state index is 0.187. The number of benzene rings is 2. The standard InChI is InChI=1S/C24H20N6O2/c1-32-22-17-29(20-14-26-28(16-20)15-18-8-4-2-5-9-18)27-23(24(22)31)21-12-13-25-30(21)19-10-6-3-7-11-19/h2-14,16-17H,15H2,1H3. The monoisotopic (exact) mass is 424 g/mol. The fraction of sp³-hybridized carbons (Fsp3) is 0.0833. The summed E-state index contributed by atoms with van der Waals surface area (Å²) in [6.45, 7) is 0.631. The molecule has 0 aliphatic carbocycles. The van der Waals surface area contributed by atoms with Gasteiger partial charge in [-0.3, -0.25) is 9.48 Å². The molecule has 8 heteroatoms. The lowest BCUT2D eigenvalue weighted by atomic mass is 10.2. The van der Waals surface area contributed by atoms with Gasteiger partial charge in [0.05, 0.1) is 49.8 Å². The predicted octanol–water partition coefficient (Wildman–Crippen LogP) is 3.34. The minimum atomic E-state index is -0.307. The van der Waals surface area contributed by atoms with E-state index in [1.165, 1.54) is 7.11 Å². The predicted molar refractivity (Wildman–Crippen MR) is 120 cm³/mol. The molecule has 3 heterocycles. The highest BCUT2D eigenvalue weighted by Crippen LogP contribution is 2.21. The first-order valence-electron chi connectivity index (χ1n) is 10.1. The zero-order valence-electron chi connectivity index (χ0n) is 17.4. The molecule has 0 aliphatic heterocycles. The second-order valence-corrected chi connectivity index (χ2v) is 7.17. The van der Waals surface area contributed by atoms with E-state index in [4.69, 9.17) is 4.74 Å². The Kier molecular flexibility index (Phi) is 5.09. The molecule has 0 bridgehead atoms. The molecule has 3 aromatic heterocycles. The zero-order valence-corrected chi connectivity index (χ0v) is 17.4. The molecule has 0 fully saturated rings. The summed E-state index contributed by atoms with van der Waals surface area (Å²) in [7, 11) is 1.47. The van der Waals surface area contributed by atoms with Crippen LogP contribution in [0, 0.1) is 0 Å². The lowest BCUT2D eigenvalue weighted by molar-refractivity contribution is 0.405. The number of rotatable bonds is 6. The highest BCUT2D eigenvalue weighted by atomic mass is 16.5. The van der Waals surface area contributed by atoms with E-state index in [1.54, 1.807) is 34.0 Å². The van der Waals surface area contributed by atoms with Gasteiger partial charge in [-0.05, 0) is 23.8 Å². The second kappa shape index (κ2) is 8.35. The van der Waals surface area contributed by atoms with Crippen molar-refractivity contribution in [2.75, 3.05) is 7.11 Å². The molecule has 158 valence electrons. The number of methoxy groups -OCH3 is 1. The van der Waals surface area contributed by atoms with Crippen LogP contribution >= 0.6 is 0 Å². The van der Waals surface area contributed by atoms with Gasteiger partial charge in [0.2, 0.25) is 0 Å². The molecular weight excluding hydrogens is 404 g/mol. The van der Waals surface area contributed by atoms with Crippen molar-refractivity contribution in [1.29, 1.82) is 0 Å². The van der Waals surface area contributed by atoms with E-state index in [9.17, 15) is 4.79 Å². The van der Waals surface area contributed by atoms with Gasteiger partial charge in [0, 0.05) is 0 Å². The van der Waals surface area contributed by atoms with Crippen molar-refractivity contribution >= 4 is 0 Å². The topological polar surface area (TPSA) is 79.8 Å². The number of ether oxygens (including phenoxy) is 1. The van der Waals surface area contributed by atoms with Gasteiger partial charge in [-0.2, -0.15) is 15.3 Å². The highest BCUT2D eigenvalue weighted by molar-refractivity contribution is 5.59. The van der Waals surface area contributed by atoms with E-state index >= 15 is 0 Å². The van der Waals surface area contributed by atoms with Gasteiger partial charge in [0.15, 0.2) is 11.4 Å². The molecule has 0 spiro atoms. The molecular formula is C24H20N6O2. The van der Waals surface area contributed by atoms with Crippen LogP contribution in [-0.4, -0.2) is 36.5 Å². The maximum Gasteiger partial charge on any atom is 0.251 e. The van der Waals surface area contributed by atoms with Gasteiger partial charge in [-0.25, -0.2) is 9.36 Å². The molecule has 0 radical (unpaired) electrons. The number of nitrogens with zero attached hydrogens (tertiary/aromatic N) is 6. The van der Waals surface area contributed by atoms with Gasteiger partial charge >= 0.3 is 0 Å². The van der Waals surface area contributed by atoms with Crippen LogP contribution in [0.5, 0.6) is 5.75 Å². The zero-order chi connectivity index (χ0) is 21.9. The van der Waals surface area contributed by atoms with Gasteiger partial charge in [-0.15, -0.1) is 0 Å². The Labute approximate surface area is 183 Å². The van der Waals surface area contributed by atoms with Crippen LogP contribution in [0.25, 0.3) is 22.8 Å². The third-order valence-corrected chi connectivity index (χ3v) is 5.06. The molecule has 5 aromatic rings. The molecule has 0 unspecified atom stereocenters. The van der Waals surface area contributed by atoms with Gasteiger partial charge in [0.25, 0.3) is 5.43 Å². The van der Waals surface area contributed by atoms with E-state index < -0.39 is 0 Å². The Morgan fingerprint density at radius 2 is 1.62 bits per heavy atom. The van der Waals surface area contributed by atoms with E-state index in [0.29, 0.717) is 17.9 Å². The van der Waals surface area contributed by atoms with Gasteiger partial charge < -0.3 is 4.74 Å². The molecule has 0 N–H and O–H groups in total. The third kappa shape index (κ3) is 3.69. The lowest BCUT2D eigenvalue weighted by Crippen LogP contribution is -2.17. The van der Waals surface area contributed by atoms with Crippen LogP contribution in [0.2, 0.25) is 0 Å². The highest BCUT2D eigenvalue weighted by Gasteiger charge is 2.18. The average Bonchev–Trinajstić information content (AvgIpc) is 3.51. The Bertz CT molecular complexity index is 1400. The normalized spacial score (nSPS) is 10.9. The van der Waals surface area contributed by atoms with Crippen molar-refractivity contribution in [3.63, 3.8) is 0 Å². The first-order valence-corrected chi connectivity index (χ1v) is 10.1. The summed E-state index contributed by atoms with van der Waals surface area (Å²) in [6, 6.07) is 21.4. The van der Waals surface area contributed by atoms with Gasteiger partial charge in [-0.1, -0.05) is 48.5 Å². The van der Waals surface area contributed by atoms with Crippen LogP contribution < -0.4 is 10.2 Å². The Morgan fingerprint density at radius 1 is 0.875 bits per heavy atom. The van der Waals surface area contributed by atoms with Crippen molar-refractivity contribution < 1.29 is 4.74 Å². The lowest BCUT2D eigenvalue weighted by Gasteiger charge is -2.10. The van der Waals surface area contributed by atoms with Crippen molar-refractivity contribution in [2.24, 2.45) is 0 Å². The molecule has 8 nitrogen and oxygen atoms in total. The van der Waals surface area contributed by atoms with E-state index in [2.05, 4.69) is 15.3 Å². The van der Waals surface area contributed by atoms with Gasteiger partial charge in [0.1, 0.15) is 5.69 Å². The van der Waals surface area contributed by atoms with Crippen LogP contribution in [0.1, 0.15) is 5.56 Å². The number of hydrogen-bond acceptors (Lipinski definition) is 5. The number of aromatic nitrogens is 6. The molecule has 0 aliphatic rings. The first-order chi connectivity index (χ1) is 15.7. The summed E-state index contributed by atoms with van der Waals surface area (Å²) in [6.07, 6.45) is 6.80. The molecule has 0 saturated carbocycles. The second-order valence-electron chi connectivity index (χ2n) is 7.17. The fourth-order valence-corrected chi connectivity index (χ4v) is 3.50. The molecule has 0 saturated heterocycles. The fourth-order valence-electron chi connectivity index (χ4n) is 3.50. The summed E-state index contributed by atoms with van der Waals surface area (Å²) in [5.74, 6) is 0.187. The maximum atomic E-state index is 13.0. The van der Waals surface area contributed by atoms with Crippen molar-refractivity contribution in [3.8, 4) is 28.5 Å². The van der Waals surface area contributed by atoms with Crippen molar-refractivity contribution in [2.45, 2.75) is 6.54 Å². The molecule has 5 rings (SSSR count). The maximum absolute atomic E-state index is 13.0. The largest absolute Gasteiger partial charge is 0.491 e. The Hall–Kier alpha value is -4.46. The van der Waals surface area contributed by atoms with E-state index in [0.717, 1.165) is 11.3 Å². The van der Waals surface area contributed by atoms with Crippen LogP contribution in [0.15, 0.2) is 96.3 Å². The van der Waals surface area contributed by atoms with E-state index in [1.807, 2.05) is 71.5 Å². The summed E-state index contributed by atoms with van der Waals surface area (Å²) in [5, 5.41) is 13.4. The van der Waals surface area contributed by atoms with E-state index in [-0.39, 0.29) is 16.9 Å². The summed E-state index contributed by atoms with van der Waals surface area (Å²) in [5.41, 5.74) is 3.19. The van der Waals surface area contributed by atoms with Crippen LogP contribution in [0.3, 0.4) is 0 Å². The Morgan fingerprint density at radius 3 is 2.38 bits per heavy atom. The summed E-state index contributed by atoms with van der Waals surface area (Å²) < 4.78 is 10.5.